The van der Waals surface area contributed by atoms with Crippen LogP contribution in [0.25, 0.3) is 11.1 Å². The van der Waals surface area contributed by atoms with E-state index < -0.39 is 15.8 Å². The van der Waals surface area contributed by atoms with E-state index in [-0.39, 0.29) is 25.0 Å². The van der Waals surface area contributed by atoms with Crippen LogP contribution in [-0.4, -0.2) is 99.0 Å². The quantitative estimate of drug-likeness (QED) is 0.263. The average molecular weight is 795 g/mol. The number of fused-ring (bicyclic) bond motifs is 8. The van der Waals surface area contributed by atoms with Crippen LogP contribution in [0.4, 0.5) is 4.70 Å². The van der Waals surface area contributed by atoms with Gasteiger partial charge in [-0.05, 0) is 91.1 Å². The smallest absolute Gasteiger partial charge is 0.369 e. The molecule has 4 unspecified atom stereocenters. The van der Waals surface area contributed by atoms with Gasteiger partial charge in [0.1, 0.15) is 0 Å². The van der Waals surface area contributed by atoms with Crippen LogP contribution in [-0.2, 0) is 0 Å². The molecule has 6 nitrogen and oxygen atoms in total. The van der Waals surface area contributed by atoms with Crippen molar-refractivity contribution >= 4 is 38.8 Å². The largest absolute Gasteiger partial charge is 1.00 e. The van der Waals surface area contributed by atoms with E-state index in [1.165, 1.54) is 79.4 Å². The standard InChI is InChI=1S/C22H27N3Si.C13H14.C9H18ClN3Si.FH.Li.H2/c1-26(2,25-16-8-15-24-14-7-13-23-22(24)25)21-19-11-5-3-9-17(19)18-10-4-6-12-20(18)21;1-3-7-12-10(5-1)9-11-6-2-4-8-13(11)12;1-14(2,10)13-8-4-7-12-6-3-5-11-9(12)13;;;/h3-6,9-12,21H,7-8,13-16H2,1-2H3;1-8,10-13H,9H2;3-8H2,1-2H3;1H;;1H/q;;;;+1;/i;;;;;1+2. The number of aliphatic imine (C=N–C) groups is 2. The number of hydrogen-bond donors (Lipinski definition) is 0. The molecule has 2 aromatic carbocycles. The van der Waals surface area contributed by atoms with Crippen LogP contribution in [0.5, 0.6) is 0 Å². The second kappa shape index (κ2) is 17.8. The van der Waals surface area contributed by atoms with Crippen LogP contribution in [0.15, 0.2) is 107 Å². The van der Waals surface area contributed by atoms with Crippen molar-refractivity contribution in [3.63, 3.8) is 0 Å². The average Bonchev–Trinajstić information content (AvgIpc) is 3.74. The topological polar surface area (TPSA) is 37.7 Å². The monoisotopic (exact) mass is 793 g/mol. The number of benzene rings is 2. The molecule has 4 heterocycles. The van der Waals surface area contributed by atoms with E-state index >= 15 is 0 Å². The molecule has 4 aliphatic carbocycles. The van der Waals surface area contributed by atoms with Gasteiger partial charge in [0.25, 0.3) is 7.55 Å². The van der Waals surface area contributed by atoms with Crippen molar-refractivity contribution in [2.45, 2.75) is 63.8 Å². The summed E-state index contributed by atoms with van der Waals surface area (Å²) in [7, 11) is -3.55. The second-order valence-corrected chi connectivity index (χ2v) is 27.5. The van der Waals surface area contributed by atoms with E-state index in [9.17, 15) is 0 Å². The van der Waals surface area contributed by atoms with Gasteiger partial charge in [0.05, 0.1) is 0 Å². The van der Waals surface area contributed by atoms with Crippen LogP contribution < -0.4 is 18.9 Å². The Morgan fingerprint density at radius 1 is 0.600 bits per heavy atom. The third-order valence-corrected chi connectivity index (χ3v) is 19.0. The first-order chi connectivity index (χ1) is 25.7. The number of rotatable bonds is 3. The minimum absolute atomic E-state index is 0. The summed E-state index contributed by atoms with van der Waals surface area (Å²) in [6.07, 6.45) is 24.6. The predicted molar refractivity (Wildman–Crippen MR) is 234 cm³/mol. The molecule has 11 heteroatoms. The zero-order chi connectivity index (χ0) is 36.6. The fraction of sp³-hybridized carbons (Fsp3) is 0.500. The first kappa shape index (κ1) is 41.8. The van der Waals surface area contributed by atoms with Crippen molar-refractivity contribution in [1.29, 1.82) is 0 Å². The van der Waals surface area contributed by atoms with Gasteiger partial charge in [-0.15, -0.1) is 11.1 Å². The summed E-state index contributed by atoms with van der Waals surface area (Å²) in [4.78, 5) is 14.5. The van der Waals surface area contributed by atoms with E-state index in [4.69, 9.17) is 16.1 Å². The van der Waals surface area contributed by atoms with Crippen molar-refractivity contribution < 1.29 is 25.0 Å². The molecule has 1 saturated carbocycles. The van der Waals surface area contributed by atoms with Gasteiger partial charge in [0, 0.05) is 59.3 Å². The Morgan fingerprint density at radius 3 is 1.55 bits per heavy atom. The Kier molecular flexibility index (Phi) is 13.5. The summed E-state index contributed by atoms with van der Waals surface area (Å²) in [5.74, 6) is 5.61. The van der Waals surface area contributed by atoms with E-state index in [2.05, 4.69) is 147 Å². The first-order valence-electron chi connectivity index (χ1n) is 20.4. The van der Waals surface area contributed by atoms with Gasteiger partial charge < -0.3 is 18.9 Å². The molecule has 0 spiro atoms. The summed E-state index contributed by atoms with van der Waals surface area (Å²) in [6.45, 7) is 18.4. The van der Waals surface area contributed by atoms with Crippen molar-refractivity contribution in [2.24, 2.45) is 33.7 Å². The molecule has 55 heavy (non-hydrogen) atoms. The van der Waals surface area contributed by atoms with Crippen molar-refractivity contribution in [1.82, 2.24) is 18.9 Å². The van der Waals surface area contributed by atoms with Crippen LogP contribution in [0.2, 0.25) is 26.2 Å². The SMILES string of the molecule is C1=CC2CC3C=CC=CC3C2C=C1.C[Si](C)(C1c2ccccc2-c2ccccc21)N1CCCN2CCCN=C21.C[Si](C)(Cl)N1CCCN2CCCN=C21.F.[3HH].[Li+]. The van der Waals surface area contributed by atoms with Crippen LogP contribution in [0, 0.1) is 23.7 Å². The van der Waals surface area contributed by atoms with Crippen LogP contribution in [0.1, 0.15) is 50.2 Å². The molecule has 0 amide bonds. The van der Waals surface area contributed by atoms with E-state index in [0.717, 1.165) is 62.9 Å². The Bertz CT molecular complexity index is 1770. The number of hydrogen-bond acceptors (Lipinski definition) is 6. The molecular formula is C44H62ClFLiN6Si2+. The molecule has 290 valence electrons. The first-order valence-corrected chi connectivity index (χ1v) is 27.4. The number of allylic oxidation sites excluding steroid dienone is 8. The van der Waals surface area contributed by atoms with Gasteiger partial charge in [-0.1, -0.05) is 110 Å². The zero-order valence-corrected chi connectivity index (χ0v) is 36.5. The molecule has 3 fully saturated rings. The summed E-state index contributed by atoms with van der Waals surface area (Å²) >= 11 is 6.49. The van der Waals surface area contributed by atoms with Gasteiger partial charge in [-0.3, -0.25) is 14.7 Å². The maximum atomic E-state index is 6.49. The Hall–Kier alpha value is -2.81. The molecule has 0 aromatic heterocycles. The van der Waals surface area contributed by atoms with Crippen LogP contribution >= 0.6 is 11.1 Å². The molecule has 4 aliphatic heterocycles. The number of nitrogens with zero attached hydrogens (tertiary/aromatic N) is 6. The van der Waals surface area contributed by atoms with E-state index in [0.29, 0.717) is 5.54 Å². The van der Waals surface area contributed by atoms with Crippen LogP contribution in [0.3, 0.4) is 0 Å². The fourth-order valence-corrected chi connectivity index (χ4v) is 16.0. The molecule has 0 bridgehead atoms. The van der Waals surface area contributed by atoms with Crippen molar-refractivity contribution in [2.75, 3.05) is 52.4 Å². The van der Waals surface area contributed by atoms with Gasteiger partial charge in [0.15, 0.2) is 20.2 Å². The van der Waals surface area contributed by atoms with Crippen molar-refractivity contribution in [3.8, 4) is 11.1 Å². The molecule has 4 atom stereocenters. The third kappa shape index (κ3) is 8.43. The molecule has 2 saturated heterocycles. The fourth-order valence-electron chi connectivity index (χ4n) is 10.3. The molecule has 0 radical (unpaired) electrons. The summed E-state index contributed by atoms with van der Waals surface area (Å²) < 4.78 is 5.09. The maximum absolute atomic E-state index is 6.49. The summed E-state index contributed by atoms with van der Waals surface area (Å²) in [5.41, 5.74) is 6.44. The molecule has 0 N–H and O–H groups in total. The minimum atomic E-state index is -1.82. The van der Waals surface area contributed by atoms with Gasteiger partial charge in [-0.2, -0.15) is 0 Å². The van der Waals surface area contributed by atoms with Gasteiger partial charge in [0.2, 0.25) is 0 Å². The normalized spacial score (nSPS) is 25.8. The number of guanidine groups is 2. The Morgan fingerprint density at radius 2 is 1.04 bits per heavy atom. The number of halogens is 2. The molecular weight excluding hydrogens is 730 g/mol. The second-order valence-electron chi connectivity index (χ2n) is 17.0. The van der Waals surface area contributed by atoms with Gasteiger partial charge >= 0.3 is 18.9 Å². The summed E-state index contributed by atoms with van der Waals surface area (Å²) in [5, 5.41) is 0. The molecule has 10 rings (SSSR count). The van der Waals surface area contributed by atoms with E-state index in [1.54, 1.807) is 0 Å². The molecule has 2 aromatic rings. The zero-order valence-electron chi connectivity index (χ0n) is 33.8. The minimum Gasteiger partial charge on any atom is -0.369 e. The van der Waals surface area contributed by atoms with E-state index in [1.807, 2.05) is 0 Å². The third-order valence-electron chi connectivity index (χ3n) is 12.8. The van der Waals surface area contributed by atoms with Crippen molar-refractivity contribution in [3.05, 3.63) is 108 Å². The van der Waals surface area contributed by atoms with Gasteiger partial charge in [-0.25, -0.2) is 0 Å². The Labute approximate surface area is 350 Å². The predicted octanol–water partition coefficient (Wildman–Crippen LogP) is 6.51. The Balaban J connectivity index is 0.000000171. The summed E-state index contributed by atoms with van der Waals surface area (Å²) in [6, 6.07) is 18.1. The maximum Gasteiger partial charge on any atom is 1.00 e. The molecule has 8 aliphatic rings.